The molecule has 0 unspecified atom stereocenters. The number of benzene rings is 3. The maximum absolute atomic E-state index is 13.0. The molecule has 1 heterocycles. The zero-order chi connectivity index (χ0) is 26.0. The average molecular weight is 493 g/mol. The van der Waals surface area contributed by atoms with E-state index in [4.69, 9.17) is 9.47 Å². The van der Waals surface area contributed by atoms with Crippen molar-refractivity contribution in [2.75, 3.05) is 7.11 Å². The van der Waals surface area contributed by atoms with E-state index >= 15 is 0 Å². The van der Waals surface area contributed by atoms with Crippen LogP contribution in [0.4, 0.5) is 13.2 Å². The predicted molar refractivity (Wildman–Crippen MR) is 126 cm³/mol. The topological polar surface area (TPSA) is 97.1 Å². The number of aromatic amines is 1. The van der Waals surface area contributed by atoms with Crippen molar-refractivity contribution in [3.05, 3.63) is 104 Å². The van der Waals surface area contributed by atoms with Crippen molar-refractivity contribution in [2.24, 2.45) is 0 Å². The minimum Gasteiger partial charge on any atom is -0.495 e. The van der Waals surface area contributed by atoms with E-state index in [1.807, 2.05) is 25.1 Å². The molecular formula is C26H18F3N3O4. The zero-order valence-electron chi connectivity index (χ0n) is 19.0. The van der Waals surface area contributed by atoms with Crippen LogP contribution in [0.1, 0.15) is 16.7 Å². The molecule has 1 N–H and O–H groups in total. The van der Waals surface area contributed by atoms with Gasteiger partial charge in [0.15, 0.2) is 0 Å². The third-order valence-corrected chi connectivity index (χ3v) is 5.41. The van der Waals surface area contributed by atoms with Gasteiger partial charge >= 0.3 is 11.9 Å². The number of nitriles is 1. The van der Waals surface area contributed by atoms with Gasteiger partial charge in [0.1, 0.15) is 23.3 Å². The summed E-state index contributed by atoms with van der Waals surface area (Å²) >= 11 is 0. The first kappa shape index (κ1) is 24.3. The highest BCUT2D eigenvalue weighted by Crippen LogP contribution is 2.34. The molecule has 0 radical (unpaired) electrons. The van der Waals surface area contributed by atoms with Crippen molar-refractivity contribution in [3.8, 4) is 40.3 Å². The highest BCUT2D eigenvalue weighted by atomic mass is 19.4. The summed E-state index contributed by atoms with van der Waals surface area (Å²) in [5.41, 5.74) is -1.28. The SMILES string of the molecule is COc1cc(C#N)c(Oc2ccccc2C)cc1-n1c(=O)cc(-c2ccc(C(F)(F)F)cc2)[nH]c1=O. The second-order valence-electron chi connectivity index (χ2n) is 7.74. The van der Waals surface area contributed by atoms with E-state index in [0.29, 0.717) is 5.75 Å². The minimum absolute atomic E-state index is 0.0188. The van der Waals surface area contributed by atoms with Gasteiger partial charge in [0.2, 0.25) is 0 Å². The first-order chi connectivity index (χ1) is 17.1. The van der Waals surface area contributed by atoms with Gasteiger partial charge < -0.3 is 14.5 Å². The van der Waals surface area contributed by atoms with Crippen LogP contribution in [0.5, 0.6) is 17.2 Å². The predicted octanol–water partition coefficient (Wildman–Crippen LogP) is 5.19. The average Bonchev–Trinajstić information content (AvgIpc) is 2.84. The molecule has 36 heavy (non-hydrogen) atoms. The van der Waals surface area contributed by atoms with Gasteiger partial charge in [-0.2, -0.15) is 18.4 Å². The number of nitrogens with one attached hydrogen (secondary N) is 1. The van der Waals surface area contributed by atoms with Crippen LogP contribution in [0.2, 0.25) is 0 Å². The summed E-state index contributed by atoms with van der Waals surface area (Å²) in [6, 6.07) is 16.9. The minimum atomic E-state index is -4.51. The number of hydrogen-bond donors (Lipinski definition) is 1. The summed E-state index contributed by atoms with van der Waals surface area (Å²) < 4.78 is 50.6. The Morgan fingerprint density at radius 1 is 0.944 bits per heavy atom. The van der Waals surface area contributed by atoms with Gasteiger partial charge in [0, 0.05) is 18.2 Å². The fraction of sp³-hybridized carbons (Fsp3) is 0.115. The molecule has 0 saturated heterocycles. The second-order valence-corrected chi connectivity index (χ2v) is 7.74. The lowest BCUT2D eigenvalue weighted by molar-refractivity contribution is -0.137. The molecule has 3 aromatic carbocycles. The summed E-state index contributed by atoms with van der Waals surface area (Å²) in [7, 11) is 1.32. The van der Waals surface area contributed by atoms with Gasteiger partial charge in [-0.1, -0.05) is 30.3 Å². The number of alkyl halides is 3. The van der Waals surface area contributed by atoms with E-state index in [0.717, 1.165) is 40.5 Å². The van der Waals surface area contributed by atoms with E-state index in [1.54, 1.807) is 12.1 Å². The molecule has 7 nitrogen and oxygen atoms in total. The normalized spacial score (nSPS) is 11.1. The molecule has 0 atom stereocenters. The van der Waals surface area contributed by atoms with Crippen molar-refractivity contribution >= 4 is 0 Å². The molecule has 0 bridgehead atoms. The maximum atomic E-state index is 13.0. The zero-order valence-corrected chi connectivity index (χ0v) is 19.0. The number of nitrogens with zero attached hydrogens (tertiary/aromatic N) is 2. The molecule has 182 valence electrons. The van der Waals surface area contributed by atoms with Gasteiger partial charge in [0.05, 0.1) is 29.6 Å². The van der Waals surface area contributed by atoms with Crippen LogP contribution < -0.4 is 20.7 Å². The summed E-state index contributed by atoms with van der Waals surface area (Å²) in [5, 5.41) is 9.60. The fourth-order valence-electron chi connectivity index (χ4n) is 3.57. The number of aromatic nitrogens is 2. The third-order valence-electron chi connectivity index (χ3n) is 5.41. The Bertz CT molecular complexity index is 1570. The largest absolute Gasteiger partial charge is 0.495 e. The van der Waals surface area contributed by atoms with Crippen molar-refractivity contribution in [1.29, 1.82) is 5.26 Å². The van der Waals surface area contributed by atoms with Crippen LogP contribution in [-0.4, -0.2) is 16.7 Å². The van der Waals surface area contributed by atoms with Gasteiger partial charge in [-0.3, -0.25) is 4.79 Å². The molecule has 0 aliphatic carbocycles. The van der Waals surface area contributed by atoms with Crippen molar-refractivity contribution in [3.63, 3.8) is 0 Å². The van der Waals surface area contributed by atoms with Crippen molar-refractivity contribution in [1.82, 2.24) is 9.55 Å². The molecule has 0 amide bonds. The number of aryl methyl sites for hydroxylation is 1. The second kappa shape index (κ2) is 9.46. The van der Waals surface area contributed by atoms with E-state index in [9.17, 15) is 28.0 Å². The van der Waals surface area contributed by atoms with Gasteiger partial charge in [-0.15, -0.1) is 0 Å². The van der Waals surface area contributed by atoms with E-state index in [2.05, 4.69) is 4.98 Å². The molecule has 0 aliphatic heterocycles. The molecular weight excluding hydrogens is 475 g/mol. The summed E-state index contributed by atoms with van der Waals surface area (Å²) in [6.45, 7) is 1.82. The molecule has 0 spiro atoms. The fourth-order valence-corrected chi connectivity index (χ4v) is 3.57. The number of halogens is 3. The van der Waals surface area contributed by atoms with Crippen molar-refractivity contribution in [2.45, 2.75) is 13.1 Å². The number of ether oxygens (including phenoxy) is 2. The van der Waals surface area contributed by atoms with E-state index in [-0.39, 0.29) is 34.0 Å². The Labute approximate surface area is 202 Å². The van der Waals surface area contributed by atoms with Gasteiger partial charge in [0.25, 0.3) is 5.56 Å². The lowest BCUT2D eigenvalue weighted by Gasteiger charge is -2.15. The number of H-pyrrole nitrogens is 1. The Balaban J connectivity index is 1.82. The molecule has 0 fully saturated rings. The highest BCUT2D eigenvalue weighted by molar-refractivity contribution is 5.62. The first-order valence-electron chi connectivity index (χ1n) is 10.5. The Morgan fingerprint density at radius 2 is 1.64 bits per heavy atom. The molecule has 0 aliphatic rings. The summed E-state index contributed by atoms with van der Waals surface area (Å²) in [4.78, 5) is 28.5. The van der Waals surface area contributed by atoms with E-state index in [1.165, 1.54) is 19.2 Å². The smallest absolute Gasteiger partial charge is 0.416 e. The number of hydrogen-bond acceptors (Lipinski definition) is 5. The first-order valence-corrected chi connectivity index (χ1v) is 10.5. The van der Waals surface area contributed by atoms with Gasteiger partial charge in [-0.25, -0.2) is 9.36 Å². The lowest BCUT2D eigenvalue weighted by Crippen LogP contribution is -2.33. The lowest BCUT2D eigenvalue weighted by atomic mass is 10.1. The van der Waals surface area contributed by atoms with Crippen LogP contribution in [0, 0.1) is 18.3 Å². The maximum Gasteiger partial charge on any atom is 0.416 e. The van der Waals surface area contributed by atoms with Crippen molar-refractivity contribution < 1.29 is 22.6 Å². The molecule has 0 saturated carbocycles. The van der Waals surface area contributed by atoms with Crippen LogP contribution in [0.25, 0.3) is 16.9 Å². The molecule has 4 aromatic rings. The number of methoxy groups -OCH3 is 1. The van der Waals surface area contributed by atoms with Gasteiger partial charge in [-0.05, 0) is 36.2 Å². The van der Waals surface area contributed by atoms with Crippen LogP contribution in [-0.2, 0) is 6.18 Å². The monoisotopic (exact) mass is 493 g/mol. The standard InChI is InChI=1S/C26H18F3N3O4/c1-15-5-3-4-6-21(15)36-22-13-20(23(35-2)11-17(22)14-30)32-24(33)12-19(31-25(32)34)16-7-9-18(10-8-16)26(27,28)29/h3-13H,1-2H3,(H,31,34). The van der Waals surface area contributed by atoms with E-state index < -0.39 is 23.0 Å². The van der Waals surface area contributed by atoms with Crippen LogP contribution >= 0.6 is 0 Å². The Hall–Kier alpha value is -4.78. The quantitative estimate of drug-likeness (QED) is 0.413. The summed E-state index contributed by atoms with van der Waals surface area (Å²) in [5.74, 6) is 0.642. The molecule has 1 aromatic heterocycles. The molecule has 4 rings (SSSR count). The molecule has 10 heteroatoms. The van der Waals surface area contributed by atoms with Crippen LogP contribution in [0.15, 0.2) is 76.3 Å². The summed E-state index contributed by atoms with van der Waals surface area (Å²) in [6.07, 6.45) is -4.51. The third kappa shape index (κ3) is 4.72. The number of para-hydroxylation sites is 1. The Morgan fingerprint density at radius 3 is 2.22 bits per heavy atom. The Kier molecular flexibility index (Phi) is 6.40. The number of rotatable bonds is 5. The highest BCUT2D eigenvalue weighted by Gasteiger charge is 2.30. The van der Waals surface area contributed by atoms with Crippen LogP contribution in [0.3, 0.4) is 0 Å².